The molecule has 0 bridgehead atoms. The molecule has 5 nitrogen and oxygen atoms in total. The summed E-state index contributed by atoms with van der Waals surface area (Å²) in [5.74, 6) is 0.244. The maximum atomic E-state index is 13.3. The molecule has 2 aromatic rings. The molecule has 2 rings (SSSR count). The lowest BCUT2D eigenvalue weighted by atomic mass is 10.1. The van der Waals surface area contributed by atoms with Crippen LogP contribution in [0.5, 0.6) is 0 Å². The number of carbonyl (C=O) groups excluding carboxylic acids is 2. The summed E-state index contributed by atoms with van der Waals surface area (Å²) >= 11 is 0. The SMILES string of the molecule is CCCCc1ccc(C(=O)N(CC(=O)N(Cc2cccn2C)CC(C)C)C(C)C)cc1. The Morgan fingerprint density at radius 1 is 1.03 bits per heavy atom. The summed E-state index contributed by atoms with van der Waals surface area (Å²) in [6.45, 7) is 11.6. The zero-order chi connectivity index (χ0) is 23.0. The molecule has 0 aliphatic rings. The van der Waals surface area contributed by atoms with Crippen molar-refractivity contribution in [2.24, 2.45) is 13.0 Å². The van der Waals surface area contributed by atoms with Gasteiger partial charge in [0.2, 0.25) is 5.91 Å². The predicted octanol–water partition coefficient (Wildman–Crippen LogP) is 4.90. The van der Waals surface area contributed by atoms with Crippen molar-refractivity contribution in [3.05, 3.63) is 59.4 Å². The van der Waals surface area contributed by atoms with Gasteiger partial charge in [-0.05, 0) is 62.4 Å². The van der Waals surface area contributed by atoms with E-state index < -0.39 is 0 Å². The topological polar surface area (TPSA) is 45.6 Å². The Kier molecular flexibility index (Phi) is 9.35. The highest BCUT2D eigenvalue weighted by Crippen LogP contribution is 2.14. The Hall–Kier alpha value is -2.56. The average Bonchev–Trinajstić information content (AvgIpc) is 3.13. The first-order chi connectivity index (χ1) is 14.7. The predicted molar refractivity (Wildman–Crippen MR) is 127 cm³/mol. The minimum absolute atomic E-state index is 0.0171. The number of rotatable bonds is 11. The molecule has 0 fully saturated rings. The summed E-state index contributed by atoms with van der Waals surface area (Å²) in [5.41, 5.74) is 2.97. The third kappa shape index (κ3) is 7.27. The lowest BCUT2D eigenvalue weighted by molar-refractivity contribution is -0.133. The van der Waals surface area contributed by atoms with Crippen molar-refractivity contribution in [1.29, 1.82) is 0 Å². The molecule has 0 radical (unpaired) electrons. The van der Waals surface area contributed by atoms with E-state index in [0.717, 1.165) is 25.0 Å². The van der Waals surface area contributed by atoms with Gasteiger partial charge in [-0.25, -0.2) is 0 Å². The van der Waals surface area contributed by atoms with Gasteiger partial charge in [0, 0.05) is 37.1 Å². The van der Waals surface area contributed by atoms with E-state index >= 15 is 0 Å². The fraction of sp³-hybridized carbons (Fsp3) is 0.538. The van der Waals surface area contributed by atoms with Crippen molar-refractivity contribution in [2.45, 2.75) is 66.5 Å². The smallest absolute Gasteiger partial charge is 0.254 e. The number of hydrogen-bond acceptors (Lipinski definition) is 2. The molecular weight excluding hydrogens is 386 g/mol. The first-order valence-corrected chi connectivity index (χ1v) is 11.5. The molecule has 0 N–H and O–H groups in total. The molecule has 0 unspecified atom stereocenters. The lowest BCUT2D eigenvalue weighted by Crippen LogP contribution is -2.46. The van der Waals surface area contributed by atoms with Crippen LogP contribution in [0.15, 0.2) is 42.6 Å². The molecule has 0 atom stereocenters. The molecule has 170 valence electrons. The van der Waals surface area contributed by atoms with Gasteiger partial charge in [0.25, 0.3) is 5.91 Å². The van der Waals surface area contributed by atoms with E-state index in [9.17, 15) is 9.59 Å². The van der Waals surface area contributed by atoms with E-state index in [0.29, 0.717) is 24.6 Å². The fourth-order valence-electron chi connectivity index (χ4n) is 3.65. The van der Waals surface area contributed by atoms with Crippen LogP contribution in [0.2, 0.25) is 0 Å². The van der Waals surface area contributed by atoms with Gasteiger partial charge < -0.3 is 14.4 Å². The Bertz CT molecular complexity index is 837. The molecule has 0 saturated heterocycles. The van der Waals surface area contributed by atoms with Crippen molar-refractivity contribution < 1.29 is 9.59 Å². The van der Waals surface area contributed by atoms with E-state index in [1.54, 1.807) is 4.90 Å². The van der Waals surface area contributed by atoms with Gasteiger partial charge in [-0.1, -0.05) is 39.3 Å². The van der Waals surface area contributed by atoms with E-state index in [2.05, 4.69) is 20.8 Å². The summed E-state index contributed by atoms with van der Waals surface area (Å²) in [4.78, 5) is 30.0. The molecule has 1 aromatic heterocycles. The number of hydrogen-bond donors (Lipinski definition) is 0. The van der Waals surface area contributed by atoms with Crippen LogP contribution in [-0.4, -0.2) is 45.3 Å². The fourth-order valence-corrected chi connectivity index (χ4v) is 3.65. The first kappa shape index (κ1) is 24.7. The highest BCUT2D eigenvalue weighted by Gasteiger charge is 2.25. The Morgan fingerprint density at radius 3 is 2.23 bits per heavy atom. The van der Waals surface area contributed by atoms with Crippen LogP contribution < -0.4 is 0 Å². The van der Waals surface area contributed by atoms with Crippen molar-refractivity contribution in [2.75, 3.05) is 13.1 Å². The molecule has 2 amide bonds. The van der Waals surface area contributed by atoms with Crippen LogP contribution in [0.4, 0.5) is 0 Å². The maximum absolute atomic E-state index is 13.3. The molecule has 1 aromatic carbocycles. The number of unbranched alkanes of at least 4 members (excludes halogenated alkanes) is 1. The van der Waals surface area contributed by atoms with Crippen LogP contribution in [0.3, 0.4) is 0 Å². The van der Waals surface area contributed by atoms with Crippen molar-refractivity contribution in [3.63, 3.8) is 0 Å². The van der Waals surface area contributed by atoms with Gasteiger partial charge in [-0.3, -0.25) is 9.59 Å². The summed E-state index contributed by atoms with van der Waals surface area (Å²) in [5, 5.41) is 0. The number of aromatic nitrogens is 1. The molecule has 0 aliphatic carbocycles. The van der Waals surface area contributed by atoms with Gasteiger partial charge in [-0.2, -0.15) is 0 Å². The van der Waals surface area contributed by atoms with Gasteiger partial charge >= 0.3 is 0 Å². The highest BCUT2D eigenvalue weighted by molar-refractivity contribution is 5.96. The number of amides is 2. The van der Waals surface area contributed by atoms with E-state index in [-0.39, 0.29) is 24.4 Å². The van der Waals surface area contributed by atoms with Crippen molar-refractivity contribution in [1.82, 2.24) is 14.4 Å². The largest absolute Gasteiger partial charge is 0.353 e. The van der Waals surface area contributed by atoms with E-state index in [1.165, 1.54) is 5.56 Å². The van der Waals surface area contributed by atoms with Gasteiger partial charge in [0.15, 0.2) is 0 Å². The normalized spacial score (nSPS) is 11.2. The second kappa shape index (κ2) is 11.7. The molecular formula is C26H39N3O2. The van der Waals surface area contributed by atoms with Gasteiger partial charge in [0.05, 0.1) is 6.54 Å². The average molecular weight is 426 g/mol. The summed E-state index contributed by atoms with van der Waals surface area (Å²) < 4.78 is 2.03. The maximum Gasteiger partial charge on any atom is 0.254 e. The standard InChI is InChI=1S/C26H39N3O2/c1-7-8-10-22-12-14-23(15-13-22)26(31)29(21(4)5)19-25(30)28(17-20(2)3)18-24-11-9-16-27(24)6/h9,11-16,20-21H,7-8,10,17-19H2,1-6H3. The van der Waals surface area contributed by atoms with E-state index in [4.69, 9.17) is 0 Å². The van der Waals surface area contributed by atoms with Crippen molar-refractivity contribution in [3.8, 4) is 0 Å². The Morgan fingerprint density at radius 2 is 1.71 bits per heavy atom. The highest BCUT2D eigenvalue weighted by atomic mass is 16.2. The number of benzene rings is 1. The van der Waals surface area contributed by atoms with Crippen LogP contribution in [-0.2, 0) is 24.8 Å². The third-order valence-electron chi connectivity index (χ3n) is 5.55. The van der Waals surface area contributed by atoms with Gasteiger partial charge in [-0.15, -0.1) is 0 Å². The van der Waals surface area contributed by atoms with Crippen LogP contribution in [0, 0.1) is 5.92 Å². The Labute approximate surface area is 188 Å². The summed E-state index contributed by atoms with van der Waals surface area (Å²) in [6.07, 6.45) is 5.31. The van der Waals surface area contributed by atoms with Crippen LogP contribution >= 0.6 is 0 Å². The molecule has 0 saturated carbocycles. The lowest BCUT2D eigenvalue weighted by Gasteiger charge is -2.31. The second-order valence-electron chi connectivity index (χ2n) is 9.11. The molecule has 31 heavy (non-hydrogen) atoms. The van der Waals surface area contributed by atoms with Crippen LogP contribution in [0.1, 0.15) is 69.1 Å². The quantitative estimate of drug-likeness (QED) is 0.514. The zero-order valence-corrected chi connectivity index (χ0v) is 20.1. The zero-order valence-electron chi connectivity index (χ0n) is 20.1. The molecule has 1 heterocycles. The number of aryl methyl sites for hydroxylation is 2. The minimum atomic E-state index is -0.0891. The second-order valence-corrected chi connectivity index (χ2v) is 9.11. The Balaban J connectivity index is 2.14. The first-order valence-electron chi connectivity index (χ1n) is 11.5. The number of nitrogens with zero attached hydrogens (tertiary/aromatic N) is 3. The molecule has 0 aliphatic heterocycles. The number of carbonyl (C=O) groups is 2. The van der Waals surface area contributed by atoms with Gasteiger partial charge in [0.1, 0.15) is 6.54 Å². The summed E-state index contributed by atoms with van der Waals surface area (Å²) in [6, 6.07) is 11.8. The van der Waals surface area contributed by atoms with Crippen LogP contribution in [0.25, 0.3) is 0 Å². The monoisotopic (exact) mass is 425 g/mol. The third-order valence-corrected chi connectivity index (χ3v) is 5.55. The summed E-state index contributed by atoms with van der Waals surface area (Å²) in [7, 11) is 1.99. The van der Waals surface area contributed by atoms with Crippen molar-refractivity contribution >= 4 is 11.8 Å². The molecule has 5 heteroatoms. The molecule has 0 spiro atoms. The van der Waals surface area contributed by atoms with E-state index in [1.807, 2.05) is 73.0 Å². The minimum Gasteiger partial charge on any atom is -0.353 e.